The number of aliphatic hydroxyl groups excluding tert-OH is 1. The number of para-hydroxylation sites is 1. The Morgan fingerprint density at radius 2 is 1.35 bits per heavy atom. The van der Waals surface area contributed by atoms with Gasteiger partial charge in [-0.3, -0.25) is 43.2 Å². The largest absolute Gasteiger partial charge is 2.00 e. The molecule has 0 aliphatic carbocycles. The van der Waals surface area contributed by atoms with Gasteiger partial charge in [0, 0.05) is 47.9 Å². The maximum atomic E-state index is 15.1. The summed E-state index contributed by atoms with van der Waals surface area (Å²) >= 11 is 0. The monoisotopic (exact) mass is 1130 g/mol. The van der Waals surface area contributed by atoms with Crippen LogP contribution in [0.25, 0.3) is 10.9 Å². The van der Waals surface area contributed by atoms with Gasteiger partial charge >= 0.3 is 17.1 Å². The van der Waals surface area contributed by atoms with Crippen molar-refractivity contribution < 1.29 is 65.3 Å². The maximum absolute atomic E-state index is 15.1. The van der Waals surface area contributed by atoms with Gasteiger partial charge in [0.15, 0.2) is 0 Å². The maximum Gasteiger partial charge on any atom is 2.00 e. The van der Waals surface area contributed by atoms with E-state index in [1.807, 2.05) is 72.8 Å². The SMILES string of the molecule is CC[C@H](C)[C@H](NC(=O)[C@H](CC(N)=O)NC(=O)[C@H](CC(N)=O)NC(=O)[C@@H](N)Cc1ccccc1)C(=O)N1CC(C2=CN(c3cc[cH-]c3)NN2)C[C@H]1C(=O)N[C@@H](Cc1c[nH]c2ccccc12)C(=O)N[C@@H](CO)C(N)=O.[Fe+2].c1cc[cH-]c1. The van der Waals surface area contributed by atoms with Gasteiger partial charge in [0.1, 0.15) is 36.3 Å². The third-order valence-electron chi connectivity index (χ3n) is 13.5. The normalized spacial score (nSPS) is 17.3. The van der Waals surface area contributed by atoms with Crippen molar-refractivity contribution in [3.8, 4) is 0 Å². The molecule has 25 heteroatoms. The topological polar surface area (TPSA) is 384 Å². The summed E-state index contributed by atoms with van der Waals surface area (Å²) in [6, 6.07) is 23.4. The first-order valence-electron chi connectivity index (χ1n) is 25.4. The number of hydrazine groups is 2. The van der Waals surface area contributed by atoms with Gasteiger partial charge in [0.2, 0.25) is 53.2 Å². The average Bonchev–Trinajstić information content (AvgIpc) is 4.34. The summed E-state index contributed by atoms with van der Waals surface area (Å²) in [5.74, 6) is -9.48. The molecule has 9 amide bonds. The molecule has 9 atom stereocenters. The number of benzene rings is 2. The summed E-state index contributed by atoms with van der Waals surface area (Å²) in [7, 11) is 0. The Kier molecular flexibility index (Phi) is 22.9. The summed E-state index contributed by atoms with van der Waals surface area (Å²) in [6.07, 6.45) is 2.25. The molecule has 1 saturated heterocycles. The van der Waals surface area contributed by atoms with E-state index in [1.54, 1.807) is 67.7 Å². The molecule has 17 N–H and O–H groups in total. The van der Waals surface area contributed by atoms with Crippen molar-refractivity contribution in [3.63, 3.8) is 0 Å². The molecule has 0 radical (unpaired) electrons. The minimum absolute atomic E-state index is 0. The molecule has 1 fully saturated rings. The van der Waals surface area contributed by atoms with Gasteiger partial charge in [-0.25, -0.2) is 12.1 Å². The van der Waals surface area contributed by atoms with E-state index < -0.39 is 127 Å². The Morgan fingerprint density at radius 3 is 1.95 bits per heavy atom. The molecule has 422 valence electrons. The van der Waals surface area contributed by atoms with Gasteiger partial charge in [-0.1, -0.05) is 74.5 Å². The van der Waals surface area contributed by atoms with Gasteiger partial charge in [0.05, 0.1) is 25.5 Å². The summed E-state index contributed by atoms with van der Waals surface area (Å²) in [6.45, 7) is 2.53. The van der Waals surface area contributed by atoms with Crippen LogP contribution < -0.4 is 65.5 Å². The number of rotatable bonds is 25. The number of fused-ring (bicyclic) bond motifs is 1. The average molecular weight is 1130 g/mol. The number of hydrogen-bond acceptors (Lipinski definition) is 14. The molecule has 5 aromatic rings. The summed E-state index contributed by atoms with van der Waals surface area (Å²) < 4.78 is 0. The van der Waals surface area contributed by atoms with Gasteiger partial charge in [-0.15, -0.1) is 0 Å². The van der Waals surface area contributed by atoms with Crippen LogP contribution in [0.3, 0.4) is 0 Å². The zero-order valence-electron chi connectivity index (χ0n) is 43.6. The molecule has 0 bridgehead atoms. The van der Waals surface area contributed by atoms with Crippen LogP contribution in [0.1, 0.15) is 50.7 Å². The van der Waals surface area contributed by atoms with Crippen molar-refractivity contribution in [1.29, 1.82) is 0 Å². The second-order valence-corrected chi connectivity index (χ2v) is 19.1. The van der Waals surface area contributed by atoms with Crippen LogP contribution in [0.2, 0.25) is 0 Å². The quantitative estimate of drug-likeness (QED) is 0.0239. The number of aromatic nitrogens is 1. The van der Waals surface area contributed by atoms with Crippen molar-refractivity contribution in [2.75, 3.05) is 18.2 Å². The number of likely N-dealkylation sites (tertiary alicyclic amines) is 1. The second-order valence-electron chi connectivity index (χ2n) is 19.1. The van der Waals surface area contributed by atoms with Crippen LogP contribution in [0.15, 0.2) is 127 Å². The Morgan fingerprint density at radius 1 is 0.734 bits per heavy atom. The molecular weight excluding hydrogens is 1060 g/mol. The molecule has 79 heavy (non-hydrogen) atoms. The molecule has 4 aromatic carbocycles. The Hall–Kier alpha value is -8.35. The molecule has 24 nitrogen and oxygen atoms in total. The first-order chi connectivity index (χ1) is 37.4. The number of carbonyl (C=O) groups excluding carboxylic acids is 9. The van der Waals surface area contributed by atoms with Crippen molar-refractivity contribution in [2.24, 2.45) is 34.8 Å². The van der Waals surface area contributed by atoms with Crippen LogP contribution in [0.5, 0.6) is 0 Å². The van der Waals surface area contributed by atoms with Crippen molar-refractivity contribution in [3.05, 3.63) is 138 Å². The number of amides is 9. The van der Waals surface area contributed by atoms with Crippen molar-refractivity contribution in [1.82, 2.24) is 47.4 Å². The number of nitrogens with zero attached hydrogens (tertiary/aromatic N) is 2. The predicted octanol–water partition coefficient (Wildman–Crippen LogP) is -1.31. The summed E-state index contributed by atoms with van der Waals surface area (Å²) in [5.41, 5.74) is 32.2. The van der Waals surface area contributed by atoms with E-state index in [-0.39, 0.29) is 42.9 Å². The molecule has 0 spiro atoms. The van der Waals surface area contributed by atoms with E-state index in [1.165, 1.54) is 4.90 Å². The number of H-pyrrole nitrogens is 1. The summed E-state index contributed by atoms with van der Waals surface area (Å²) in [5, 5.41) is 24.9. The molecular formula is C54H68FeN14O10. The van der Waals surface area contributed by atoms with E-state index in [0.717, 1.165) is 22.2 Å². The van der Waals surface area contributed by atoms with E-state index in [2.05, 4.69) is 42.5 Å². The van der Waals surface area contributed by atoms with Crippen LogP contribution in [-0.4, -0.2) is 124 Å². The van der Waals surface area contributed by atoms with Crippen LogP contribution >= 0.6 is 0 Å². The molecule has 0 saturated carbocycles. The number of primary amides is 3. The molecule has 2 aliphatic heterocycles. The Labute approximate surface area is 466 Å². The van der Waals surface area contributed by atoms with E-state index >= 15 is 4.79 Å². The zero-order chi connectivity index (χ0) is 56.5. The standard InChI is InChI=1S/C49H63N14O10.C5H5.Fe/c1-3-26(2)42(59-47(71)36(21-41(52)66)56-46(70)35(20-40(51)65)55-44(68)32(50)17-27-11-5-4-6-12-27)49(73)62-23-29(37-24-63(61-60-37)30-13-7-8-14-30)19-39(62)48(72)57-34(45(69)58-38(25-64)43(53)67)18-28-22-54-33-16-10-9-15-31(28)33;1-2-4-5-3-1;/h4-16,22,24,26,29,32,34-36,38-39,42,54,60-61,64H,3,17-21,23,25,50H2,1-2H3,(H2,51,65)(H2,52,66)(H2,53,67)(H,55,68)(H,56,70)(H,57,72)(H,58,69)(H,59,71);1-5H;/q2*-1;+2/t26-,29?,32-,34-,35-,36-,38-,39-,42-;;/m0../s1. The fraction of sp³-hybridized carbons (Fsp3) is 0.352. The molecule has 1 aromatic heterocycles. The van der Waals surface area contributed by atoms with E-state index in [0.29, 0.717) is 17.7 Å². The molecule has 2 aliphatic rings. The number of carbonyl (C=O) groups is 9. The summed E-state index contributed by atoms with van der Waals surface area (Å²) in [4.78, 5) is 126. The van der Waals surface area contributed by atoms with Crippen LogP contribution in [-0.2, 0) is 73.1 Å². The minimum atomic E-state index is -1.74. The second kappa shape index (κ2) is 29.4. The molecule has 7 rings (SSSR count). The predicted molar refractivity (Wildman–Crippen MR) is 288 cm³/mol. The number of anilines is 1. The van der Waals surface area contributed by atoms with Crippen LogP contribution in [0, 0.1) is 11.8 Å². The van der Waals surface area contributed by atoms with Gasteiger partial charge in [-0.2, -0.15) is 48.0 Å². The van der Waals surface area contributed by atoms with Crippen molar-refractivity contribution in [2.45, 2.75) is 94.7 Å². The van der Waals surface area contributed by atoms with E-state index in [4.69, 9.17) is 22.9 Å². The number of nitrogens with one attached hydrogen (secondary N) is 8. The number of hydrogen-bond donors (Lipinski definition) is 13. The van der Waals surface area contributed by atoms with Gasteiger partial charge < -0.3 is 74.9 Å². The fourth-order valence-electron chi connectivity index (χ4n) is 9.00. The number of aliphatic hydroxyl groups is 1. The third kappa shape index (κ3) is 17.1. The fourth-order valence-corrected chi connectivity index (χ4v) is 9.00. The first kappa shape index (κ1) is 61.5. The third-order valence-corrected chi connectivity index (χ3v) is 13.5. The van der Waals surface area contributed by atoms with Gasteiger partial charge in [0.25, 0.3) is 0 Å². The Bertz CT molecular complexity index is 2880. The van der Waals surface area contributed by atoms with E-state index in [9.17, 15) is 43.5 Å². The van der Waals surface area contributed by atoms with Crippen LogP contribution in [0.4, 0.5) is 5.69 Å². The Balaban J connectivity index is 0.00000181. The minimum Gasteiger partial charge on any atom is -0.394 e. The molecule has 3 heterocycles. The first-order valence-corrected chi connectivity index (χ1v) is 25.4. The number of aromatic amines is 1. The smallest absolute Gasteiger partial charge is 0.394 e. The number of nitrogens with two attached hydrogens (primary N) is 4. The van der Waals surface area contributed by atoms with Crippen molar-refractivity contribution >= 4 is 69.8 Å². The zero-order valence-corrected chi connectivity index (χ0v) is 44.7. The molecule has 1 unspecified atom stereocenters. The van der Waals surface area contributed by atoms with Gasteiger partial charge in [-0.05, 0) is 36.0 Å².